The Bertz CT molecular complexity index is 823. The summed E-state index contributed by atoms with van der Waals surface area (Å²) in [5, 5.41) is 0. The lowest BCUT2D eigenvalue weighted by atomic mass is 10.1. The van der Waals surface area contributed by atoms with Gasteiger partial charge in [0, 0.05) is 24.0 Å². The van der Waals surface area contributed by atoms with Gasteiger partial charge in [-0.3, -0.25) is 0 Å². The number of para-hydroxylation sites is 1. The molecule has 0 atom stereocenters. The monoisotopic (exact) mass is 310 g/mol. The lowest BCUT2D eigenvalue weighted by Crippen LogP contribution is -2.13. The van der Waals surface area contributed by atoms with Gasteiger partial charge >= 0.3 is 0 Å². The van der Waals surface area contributed by atoms with E-state index in [4.69, 9.17) is 15.5 Å². The van der Waals surface area contributed by atoms with Crippen molar-refractivity contribution in [2.24, 2.45) is 0 Å². The Morgan fingerprint density at radius 1 is 1.17 bits per heavy atom. The molecular weight excluding hydrogens is 288 g/mol. The maximum atomic E-state index is 5.96. The minimum atomic E-state index is 0.625. The Morgan fingerprint density at radius 3 is 2.70 bits per heavy atom. The number of aromatic nitrogens is 2. The predicted octanol–water partition coefficient (Wildman–Crippen LogP) is 3.04. The molecule has 0 fully saturated rings. The molecule has 2 aromatic heterocycles. The van der Waals surface area contributed by atoms with E-state index in [-0.39, 0.29) is 0 Å². The zero-order valence-electron chi connectivity index (χ0n) is 13.8. The van der Waals surface area contributed by atoms with E-state index >= 15 is 0 Å². The number of hydrogen-bond acceptors (Lipinski definition) is 4. The Morgan fingerprint density at radius 2 is 1.96 bits per heavy atom. The summed E-state index contributed by atoms with van der Waals surface area (Å²) in [4.78, 5) is 6.95. The highest BCUT2D eigenvalue weighted by Crippen LogP contribution is 2.33. The average Bonchev–Trinajstić information content (AvgIpc) is 2.86. The summed E-state index contributed by atoms with van der Waals surface area (Å²) in [6, 6.07) is 11.8. The van der Waals surface area contributed by atoms with Gasteiger partial charge in [0.05, 0.1) is 18.0 Å². The first-order valence-electron chi connectivity index (χ1n) is 7.73. The summed E-state index contributed by atoms with van der Waals surface area (Å²) in [5.41, 5.74) is 10.6. The van der Waals surface area contributed by atoms with Crippen molar-refractivity contribution in [1.82, 2.24) is 14.3 Å². The van der Waals surface area contributed by atoms with Crippen LogP contribution in [-0.2, 0) is 6.54 Å². The van der Waals surface area contributed by atoms with E-state index in [1.54, 1.807) is 0 Å². The standard InChI is InChI=1S/C18H22N4O/c1-4-23-16-8-6-5-7-14(16)18-15(12-21(2)3)22-11-13(19)9-10-17(22)20-18/h5-11H,4,12,19H2,1-3H3. The molecule has 0 amide bonds. The van der Waals surface area contributed by atoms with Gasteiger partial charge < -0.3 is 19.8 Å². The third-order valence-electron chi connectivity index (χ3n) is 3.65. The van der Waals surface area contributed by atoms with E-state index < -0.39 is 0 Å². The number of nitrogens with zero attached hydrogens (tertiary/aromatic N) is 3. The largest absolute Gasteiger partial charge is 0.493 e. The molecule has 3 rings (SSSR count). The van der Waals surface area contributed by atoms with Crippen LogP contribution in [0.3, 0.4) is 0 Å². The highest BCUT2D eigenvalue weighted by atomic mass is 16.5. The lowest BCUT2D eigenvalue weighted by Gasteiger charge is -2.13. The third kappa shape index (κ3) is 3.00. The van der Waals surface area contributed by atoms with E-state index in [0.29, 0.717) is 6.61 Å². The number of anilines is 1. The molecule has 23 heavy (non-hydrogen) atoms. The minimum Gasteiger partial charge on any atom is -0.493 e. The van der Waals surface area contributed by atoms with Gasteiger partial charge in [0.2, 0.25) is 0 Å². The van der Waals surface area contributed by atoms with Crippen LogP contribution in [0.5, 0.6) is 5.75 Å². The van der Waals surface area contributed by atoms with Gasteiger partial charge in [-0.1, -0.05) is 12.1 Å². The molecule has 120 valence electrons. The molecular formula is C18H22N4O. The quantitative estimate of drug-likeness (QED) is 0.787. The first kappa shape index (κ1) is 15.4. The molecule has 2 N–H and O–H groups in total. The molecule has 0 saturated heterocycles. The molecule has 1 aromatic carbocycles. The van der Waals surface area contributed by atoms with Crippen LogP contribution in [0.2, 0.25) is 0 Å². The Balaban J connectivity index is 2.24. The first-order chi connectivity index (χ1) is 11.1. The number of nitrogens with two attached hydrogens (primary N) is 1. The van der Waals surface area contributed by atoms with E-state index in [1.807, 2.05) is 57.5 Å². The van der Waals surface area contributed by atoms with Crippen molar-refractivity contribution in [3.05, 3.63) is 48.3 Å². The predicted molar refractivity (Wildman–Crippen MR) is 93.6 cm³/mol. The highest BCUT2D eigenvalue weighted by molar-refractivity contribution is 5.72. The van der Waals surface area contributed by atoms with Crippen molar-refractivity contribution in [3.63, 3.8) is 0 Å². The summed E-state index contributed by atoms with van der Waals surface area (Å²) in [5.74, 6) is 0.853. The first-order valence-corrected chi connectivity index (χ1v) is 7.73. The van der Waals surface area contributed by atoms with Gasteiger partial charge in [-0.2, -0.15) is 0 Å². The fourth-order valence-electron chi connectivity index (χ4n) is 2.72. The molecule has 0 unspecified atom stereocenters. The number of benzene rings is 1. The Labute approximate surface area is 136 Å². The van der Waals surface area contributed by atoms with Crippen LogP contribution in [0.15, 0.2) is 42.6 Å². The second-order valence-electron chi connectivity index (χ2n) is 5.76. The third-order valence-corrected chi connectivity index (χ3v) is 3.65. The number of imidazole rings is 1. The summed E-state index contributed by atoms with van der Waals surface area (Å²) in [7, 11) is 4.09. The van der Waals surface area contributed by atoms with Crippen LogP contribution in [0.4, 0.5) is 5.69 Å². The molecule has 0 aliphatic heterocycles. The zero-order valence-corrected chi connectivity index (χ0v) is 13.8. The minimum absolute atomic E-state index is 0.625. The SMILES string of the molecule is CCOc1ccccc1-c1nc2ccc(N)cn2c1CN(C)C. The maximum absolute atomic E-state index is 5.96. The summed E-state index contributed by atoms with van der Waals surface area (Å²) in [6.45, 7) is 3.38. The number of nitrogen functional groups attached to an aromatic ring is 1. The Hall–Kier alpha value is -2.53. The van der Waals surface area contributed by atoms with Crippen LogP contribution in [0, 0.1) is 0 Å². The topological polar surface area (TPSA) is 55.8 Å². The zero-order chi connectivity index (χ0) is 16.4. The number of hydrogen-bond donors (Lipinski definition) is 1. The van der Waals surface area contributed by atoms with Crippen molar-refractivity contribution in [2.45, 2.75) is 13.5 Å². The van der Waals surface area contributed by atoms with E-state index in [1.165, 1.54) is 0 Å². The number of pyridine rings is 1. The van der Waals surface area contributed by atoms with Crippen LogP contribution >= 0.6 is 0 Å². The number of ether oxygens (including phenoxy) is 1. The van der Waals surface area contributed by atoms with Gasteiger partial charge in [0.25, 0.3) is 0 Å². The fraction of sp³-hybridized carbons (Fsp3) is 0.278. The molecule has 0 aliphatic carbocycles. The van der Waals surface area contributed by atoms with Crippen LogP contribution < -0.4 is 10.5 Å². The number of fused-ring (bicyclic) bond motifs is 1. The highest BCUT2D eigenvalue weighted by Gasteiger charge is 2.17. The smallest absolute Gasteiger partial charge is 0.137 e. The Kier molecular flexibility index (Phi) is 4.21. The van der Waals surface area contributed by atoms with Crippen molar-refractivity contribution in [2.75, 3.05) is 26.4 Å². The van der Waals surface area contributed by atoms with Crippen LogP contribution in [0.25, 0.3) is 16.9 Å². The van der Waals surface area contributed by atoms with E-state index in [9.17, 15) is 0 Å². The van der Waals surface area contributed by atoms with Gasteiger partial charge in [-0.05, 0) is 45.3 Å². The molecule has 3 aromatic rings. The molecule has 2 heterocycles. The molecule has 0 bridgehead atoms. The summed E-state index contributed by atoms with van der Waals surface area (Å²) in [6.07, 6.45) is 1.92. The van der Waals surface area contributed by atoms with Gasteiger partial charge in [0.1, 0.15) is 11.4 Å². The van der Waals surface area contributed by atoms with Crippen molar-refractivity contribution in [3.8, 4) is 17.0 Å². The summed E-state index contributed by atoms with van der Waals surface area (Å²) < 4.78 is 7.85. The van der Waals surface area contributed by atoms with Gasteiger partial charge in [-0.25, -0.2) is 4.98 Å². The fourth-order valence-corrected chi connectivity index (χ4v) is 2.72. The molecule has 0 saturated carbocycles. The maximum Gasteiger partial charge on any atom is 0.137 e. The second-order valence-corrected chi connectivity index (χ2v) is 5.76. The van der Waals surface area contributed by atoms with E-state index in [0.717, 1.165) is 40.6 Å². The van der Waals surface area contributed by atoms with E-state index in [2.05, 4.69) is 15.4 Å². The van der Waals surface area contributed by atoms with Crippen LogP contribution in [0.1, 0.15) is 12.6 Å². The second kappa shape index (κ2) is 6.30. The van der Waals surface area contributed by atoms with Crippen molar-refractivity contribution < 1.29 is 4.74 Å². The van der Waals surface area contributed by atoms with Crippen molar-refractivity contribution >= 4 is 11.3 Å². The average molecular weight is 310 g/mol. The molecule has 0 aliphatic rings. The molecule has 0 spiro atoms. The normalized spacial score (nSPS) is 11.3. The van der Waals surface area contributed by atoms with Crippen LogP contribution in [-0.4, -0.2) is 35.0 Å². The molecule has 5 nitrogen and oxygen atoms in total. The summed E-state index contributed by atoms with van der Waals surface area (Å²) >= 11 is 0. The van der Waals surface area contributed by atoms with Gasteiger partial charge in [-0.15, -0.1) is 0 Å². The van der Waals surface area contributed by atoms with Gasteiger partial charge in [0.15, 0.2) is 0 Å². The van der Waals surface area contributed by atoms with Crippen molar-refractivity contribution in [1.29, 1.82) is 0 Å². The molecule has 0 radical (unpaired) electrons. The lowest BCUT2D eigenvalue weighted by molar-refractivity contribution is 0.341. The molecule has 5 heteroatoms. The number of rotatable bonds is 5.